The number of hydrogen-bond acceptors (Lipinski definition) is 3. The Bertz CT molecular complexity index is 311. The second-order valence-corrected chi connectivity index (χ2v) is 3.99. The van der Waals surface area contributed by atoms with Crippen molar-refractivity contribution in [2.24, 2.45) is 5.73 Å². The number of aromatic nitrogens is 1. The fourth-order valence-electron chi connectivity index (χ4n) is 2.18. The van der Waals surface area contributed by atoms with Gasteiger partial charge < -0.3 is 10.6 Å². The lowest BCUT2D eigenvalue weighted by atomic mass is 9.97. The zero-order chi connectivity index (χ0) is 9.97. The van der Waals surface area contributed by atoms with Gasteiger partial charge in [0.25, 0.3) is 0 Å². The Morgan fingerprint density at radius 2 is 2.50 bits per heavy atom. The number of nitrogens with two attached hydrogens (primary N) is 1. The Morgan fingerprint density at radius 3 is 3.14 bits per heavy atom. The molecule has 76 valence electrons. The molecule has 3 heteroatoms. The van der Waals surface area contributed by atoms with Crippen LogP contribution < -0.4 is 5.73 Å². The highest BCUT2D eigenvalue weighted by atomic mass is 15.1. The quantitative estimate of drug-likeness (QED) is 0.757. The van der Waals surface area contributed by atoms with Gasteiger partial charge in [-0.1, -0.05) is 6.07 Å². The second kappa shape index (κ2) is 4.07. The van der Waals surface area contributed by atoms with Crippen LogP contribution in [0.4, 0.5) is 0 Å². The van der Waals surface area contributed by atoms with Gasteiger partial charge in [-0.15, -0.1) is 0 Å². The van der Waals surface area contributed by atoms with Crippen LogP contribution in [0, 0.1) is 0 Å². The first-order chi connectivity index (χ1) is 6.81. The van der Waals surface area contributed by atoms with E-state index >= 15 is 0 Å². The second-order valence-electron chi connectivity index (χ2n) is 3.99. The van der Waals surface area contributed by atoms with Gasteiger partial charge in [0.2, 0.25) is 0 Å². The maximum atomic E-state index is 5.68. The average molecular weight is 191 g/mol. The van der Waals surface area contributed by atoms with E-state index in [9.17, 15) is 0 Å². The molecule has 1 aromatic heterocycles. The van der Waals surface area contributed by atoms with Gasteiger partial charge in [-0.25, -0.2) is 0 Å². The third-order valence-corrected chi connectivity index (χ3v) is 2.95. The Kier molecular flexibility index (Phi) is 2.79. The smallest absolute Gasteiger partial charge is 0.0574 e. The summed E-state index contributed by atoms with van der Waals surface area (Å²) in [7, 11) is 2.17. The van der Waals surface area contributed by atoms with E-state index in [1.54, 1.807) is 0 Å². The molecule has 0 saturated carbocycles. The van der Waals surface area contributed by atoms with Crippen molar-refractivity contribution in [3.63, 3.8) is 0 Å². The third kappa shape index (κ3) is 1.79. The molecule has 2 heterocycles. The number of rotatable bonds is 2. The lowest BCUT2D eigenvalue weighted by molar-refractivity contribution is 0.411. The SMILES string of the molecule is CN1CCC(c2cccnc2CN)C1. The molecule has 1 fully saturated rings. The summed E-state index contributed by atoms with van der Waals surface area (Å²) in [6.45, 7) is 2.87. The van der Waals surface area contributed by atoms with E-state index in [4.69, 9.17) is 5.73 Å². The van der Waals surface area contributed by atoms with Crippen LogP contribution in [-0.2, 0) is 6.54 Å². The molecule has 0 radical (unpaired) electrons. The fourth-order valence-corrected chi connectivity index (χ4v) is 2.18. The molecule has 1 aliphatic rings. The van der Waals surface area contributed by atoms with Gasteiger partial charge in [0, 0.05) is 19.3 Å². The first-order valence-corrected chi connectivity index (χ1v) is 5.13. The molecule has 1 aromatic rings. The van der Waals surface area contributed by atoms with Crippen LogP contribution in [0.15, 0.2) is 18.3 Å². The van der Waals surface area contributed by atoms with Crippen LogP contribution in [0.2, 0.25) is 0 Å². The van der Waals surface area contributed by atoms with E-state index in [1.807, 2.05) is 12.3 Å². The van der Waals surface area contributed by atoms with Crippen LogP contribution in [0.25, 0.3) is 0 Å². The fraction of sp³-hybridized carbons (Fsp3) is 0.545. The van der Waals surface area contributed by atoms with Crippen LogP contribution in [0.1, 0.15) is 23.6 Å². The molecule has 2 rings (SSSR count). The Hall–Kier alpha value is -0.930. The Balaban J connectivity index is 2.22. The molecule has 0 aliphatic carbocycles. The van der Waals surface area contributed by atoms with Crippen LogP contribution >= 0.6 is 0 Å². The zero-order valence-corrected chi connectivity index (χ0v) is 8.61. The van der Waals surface area contributed by atoms with Crippen molar-refractivity contribution in [3.8, 4) is 0 Å². The normalized spacial score (nSPS) is 22.9. The molecular formula is C11H17N3. The van der Waals surface area contributed by atoms with Gasteiger partial charge in [-0.2, -0.15) is 0 Å². The van der Waals surface area contributed by atoms with Gasteiger partial charge in [0.05, 0.1) is 5.69 Å². The molecule has 1 unspecified atom stereocenters. The maximum Gasteiger partial charge on any atom is 0.0574 e. The first-order valence-electron chi connectivity index (χ1n) is 5.13. The number of hydrogen-bond donors (Lipinski definition) is 1. The summed E-state index contributed by atoms with van der Waals surface area (Å²) in [4.78, 5) is 6.68. The molecule has 0 bridgehead atoms. The first kappa shape index (κ1) is 9.62. The number of likely N-dealkylation sites (N-methyl/N-ethyl adjacent to an activating group) is 1. The van der Waals surface area contributed by atoms with Crippen LogP contribution in [-0.4, -0.2) is 30.0 Å². The minimum Gasteiger partial charge on any atom is -0.325 e. The summed E-state index contributed by atoms with van der Waals surface area (Å²) < 4.78 is 0. The largest absolute Gasteiger partial charge is 0.325 e. The summed E-state index contributed by atoms with van der Waals surface area (Å²) in [5.41, 5.74) is 8.09. The molecular weight excluding hydrogens is 174 g/mol. The van der Waals surface area contributed by atoms with Gasteiger partial charge in [-0.05, 0) is 37.6 Å². The van der Waals surface area contributed by atoms with Gasteiger partial charge in [-0.3, -0.25) is 4.98 Å². The van der Waals surface area contributed by atoms with Gasteiger partial charge in [0.15, 0.2) is 0 Å². The van der Waals surface area contributed by atoms with Crippen LogP contribution in [0.3, 0.4) is 0 Å². The predicted octanol–water partition coefficient (Wildman–Crippen LogP) is 0.959. The predicted molar refractivity (Wildman–Crippen MR) is 57.0 cm³/mol. The molecule has 0 amide bonds. The molecule has 0 spiro atoms. The van der Waals surface area contributed by atoms with Crippen molar-refractivity contribution in [3.05, 3.63) is 29.6 Å². The summed E-state index contributed by atoms with van der Waals surface area (Å²) >= 11 is 0. The van der Waals surface area contributed by atoms with Gasteiger partial charge >= 0.3 is 0 Å². The lowest BCUT2D eigenvalue weighted by Gasteiger charge is -2.13. The lowest BCUT2D eigenvalue weighted by Crippen LogP contribution is -2.15. The minimum absolute atomic E-state index is 0.552. The summed E-state index contributed by atoms with van der Waals surface area (Å²) in [6, 6.07) is 4.17. The van der Waals surface area contributed by atoms with Crippen molar-refractivity contribution in [2.45, 2.75) is 18.9 Å². The summed E-state index contributed by atoms with van der Waals surface area (Å²) in [5.74, 6) is 0.632. The molecule has 2 N–H and O–H groups in total. The van der Waals surface area contributed by atoms with E-state index in [-0.39, 0.29) is 0 Å². The molecule has 3 nitrogen and oxygen atoms in total. The highest BCUT2D eigenvalue weighted by molar-refractivity contribution is 5.25. The van der Waals surface area contributed by atoms with E-state index < -0.39 is 0 Å². The highest BCUT2D eigenvalue weighted by Crippen LogP contribution is 2.27. The van der Waals surface area contributed by atoms with E-state index in [1.165, 1.54) is 18.5 Å². The maximum absolute atomic E-state index is 5.68. The minimum atomic E-state index is 0.552. The van der Waals surface area contributed by atoms with Gasteiger partial charge in [0.1, 0.15) is 0 Å². The van der Waals surface area contributed by atoms with E-state index in [0.717, 1.165) is 12.2 Å². The van der Waals surface area contributed by atoms with Crippen molar-refractivity contribution < 1.29 is 0 Å². The average Bonchev–Trinajstić information content (AvgIpc) is 2.65. The van der Waals surface area contributed by atoms with Crippen molar-refractivity contribution >= 4 is 0 Å². The monoisotopic (exact) mass is 191 g/mol. The highest BCUT2D eigenvalue weighted by Gasteiger charge is 2.22. The van der Waals surface area contributed by atoms with Crippen molar-refractivity contribution in [1.82, 2.24) is 9.88 Å². The molecule has 1 atom stereocenters. The number of pyridine rings is 1. The number of likely N-dealkylation sites (tertiary alicyclic amines) is 1. The Labute approximate surface area is 84.9 Å². The van der Waals surface area contributed by atoms with Crippen LogP contribution in [0.5, 0.6) is 0 Å². The number of nitrogens with zero attached hydrogens (tertiary/aromatic N) is 2. The van der Waals surface area contributed by atoms with E-state index in [0.29, 0.717) is 12.5 Å². The molecule has 1 saturated heterocycles. The molecule has 0 aromatic carbocycles. The molecule has 1 aliphatic heterocycles. The van der Waals surface area contributed by atoms with Crippen molar-refractivity contribution in [1.29, 1.82) is 0 Å². The topological polar surface area (TPSA) is 42.2 Å². The van der Waals surface area contributed by atoms with Crippen molar-refractivity contribution in [2.75, 3.05) is 20.1 Å². The zero-order valence-electron chi connectivity index (χ0n) is 8.61. The van der Waals surface area contributed by atoms with E-state index in [2.05, 4.69) is 23.0 Å². The summed E-state index contributed by atoms with van der Waals surface area (Å²) in [6.07, 6.45) is 3.06. The molecule has 14 heavy (non-hydrogen) atoms. The standard InChI is InChI=1S/C11H17N3/c1-14-6-4-9(8-14)10-3-2-5-13-11(10)7-12/h2-3,5,9H,4,6-8,12H2,1H3. The summed E-state index contributed by atoms with van der Waals surface area (Å²) in [5, 5.41) is 0. The third-order valence-electron chi connectivity index (χ3n) is 2.95. The Morgan fingerprint density at radius 1 is 1.64 bits per heavy atom.